The van der Waals surface area contributed by atoms with E-state index in [0.717, 1.165) is 6.26 Å². The fourth-order valence-electron chi connectivity index (χ4n) is 2.04. The maximum Gasteiger partial charge on any atom is 0.225 e. The molecule has 14 heavy (non-hydrogen) atoms. The summed E-state index contributed by atoms with van der Waals surface area (Å²) >= 11 is 0. The average molecular weight is 224 g/mol. The first-order valence-corrected chi connectivity index (χ1v) is 6.10. The molecule has 0 bridgehead atoms. The monoisotopic (exact) mass is 224 g/mol. The zero-order chi connectivity index (χ0) is 10.6. The Morgan fingerprint density at radius 1 is 1.36 bits per heavy atom. The number of sulfone groups is 1. The van der Waals surface area contributed by atoms with Gasteiger partial charge in [-0.2, -0.15) is 0 Å². The van der Waals surface area contributed by atoms with Crippen LogP contribution in [-0.2, 0) is 19.3 Å². The summed E-state index contributed by atoms with van der Waals surface area (Å²) in [4.78, 5) is -1.77. The van der Waals surface area contributed by atoms with Crippen molar-refractivity contribution in [2.75, 3.05) is 19.5 Å². The fourth-order valence-corrected chi connectivity index (χ4v) is 3.53. The number of rotatable bonds is 1. The number of aliphatic hydroxyl groups is 2. The first-order valence-electron chi connectivity index (χ1n) is 4.21. The summed E-state index contributed by atoms with van der Waals surface area (Å²) in [5.41, 5.74) is 0. The van der Waals surface area contributed by atoms with Crippen LogP contribution in [-0.4, -0.2) is 61.3 Å². The van der Waals surface area contributed by atoms with Gasteiger partial charge in [0.25, 0.3) is 0 Å². The molecular formula is C7H12O6S. The van der Waals surface area contributed by atoms with Gasteiger partial charge in [-0.25, -0.2) is 8.42 Å². The Morgan fingerprint density at radius 2 is 2.00 bits per heavy atom. The summed E-state index contributed by atoms with van der Waals surface area (Å²) in [6, 6.07) is 0. The van der Waals surface area contributed by atoms with E-state index in [1.165, 1.54) is 0 Å². The lowest BCUT2D eigenvalue weighted by atomic mass is 10.1. The third-order valence-electron chi connectivity index (χ3n) is 2.70. The number of aliphatic hydroxyl groups excluding tert-OH is 2. The van der Waals surface area contributed by atoms with Gasteiger partial charge in [0.15, 0.2) is 9.84 Å². The van der Waals surface area contributed by atoms with Gasteiger partial charge in [0.2, 0.25) is 4.93 Å². The SMILES string of the molecule is CS(=O)(=O)[C@]12OC[C@@H](O)[C@H]1OC[C@@H]2O. The predicted molar refractivity (Wildman–Crippen MR) is 45.3 cm³/mol. The molecule has 0 amide bonds. The smallest absolute Gasteiger partial charge is 0.225 e. The molecule has 2 N–H and O–H groups in total. The van der Waals surface area contributed by atoms with Crippen molar-refractivity contribution in [3.05, 3.63) is 0 Å². The molecule has 4 atom stereocenters. The minimum absolute atomic E-state index is 0.130. The molecule has 0 saturated carbocycles. The third-order valence-corrected chi connectivity index (χ3v) is 4.48. The van der Waals surface area contributed by atoms with E-state index in [9.17, 15) is 18.6 Å². The third kappa shape index (κ3) is 1.07. The van der Waals surface area contributed by atoms with E-state index in [4.69, 9.17) is 9.47 Å². The van der Waals surface area contributed by atoms with E-state index in [-0.39, 0.29) is 13.2 Å². The Kier molecular flexibility index (Phi) is 2.13. The first-order chi connectivity index (χ1) is 6.39. The molecule has 0 spiro atoms. The van der Waals surface area contributed by atoms with E-state index >= 15 is 0 Å². The zero-order valence-corrected chi connectivity index (χ0v) is 8.40. The minimum atomic E-state index is -3.64. The topological polar surface area (TPSA) is 93.1 Å². The van der Waals surface area contributed by atoms with Gasteiger partial charge in [-0.15, -0.1) is 0 Å². The van der Waals surface area contributed by atoms with Crippen molar-refractivity contribution in [1.29, 1.82) is 0 Å². The lowest BCUT2D eigenvalue weighted by molar-refractivity contribution is -0.0158. The molecule has 82 valence electrons. The molecule has 2 aliphatic heterocycles. The summed E-state index contributed by atoms with van der Waals surface area (Å²) in [6.07, 6.45) is -2.25. The number of fused-ring (bicyclic) bond motifs is 1. The molecule has 2 saturated heterocycles. The molecule has 0 aliphatic carbocycles. The minimum Gasteiger partial charge on any atom is -0.388 e. The summed E-state index contributed by atoms with van der Waals surface area (Å²) in [5.74, 6) is 0. The molecule has 0 aromatic carbocycles. The van der Waals surface area contributed by atoms with Crippen molar-refractivity contribution >= 4 is 9.84 Å². The molecule has 2 rings (SSSR count). The number of hydrogen-bond acceptors (Lipinski definition) is 6. The molecule has 2 fully saturated rings. The second-order valence-electron chi connectivity index (χ2n) is 3.64. The predicted octanol–water partition coefficient (Wildman–Crippen LogP) is -2.12. The van der Waals surface area contributed by atoms with Crippen molar-refractivity contribution in [3.8, 4) is 0 Å². The van der Waals surface area contributed by atoms with Gasteiger partial charge >= 0.3 is 0 Å². The largest absolute Gasteiger partial charge is 0.388 e. The highest BCUT2D eigenvalue weighted by atomic mass is 32.2. The Bertz CT molecular complexity index is 338. The van der Waals surface area contributed by atoms with E-state index < -0.39 is 33.1 Å². The number of hydrogen-bond donors (Lipinski definition) is 2. The molecule has 6 nitrogen and oxygen atoms in total. The quantitative estimate of drug-likeness (QED) is 0.529. The highest BCUT2D eigenvalue weighted by Gasteiger charge is 2.65. The van der Waals surface area contributed by atoms with Crippen LogP contribution >= 0.6 is 0 Å². The second-order valence-corrected chi connectivity index (χ2v) is 5.82. The lowest BCUT2D eigenvalue weighted by Crippen LogP contribution is -2.53. The highest BCUT2D eigenvalue weighted by Crippen LogP contribution is 2.41. The zero-order valence-electron chi connectivity index (χ0n) is 7.58. The van der Waals surface area contributed by atoms with E-state index in [0.29, 0.717) is 0 Å². The lowest BCUT2D eigenvalue weighted by Gasteiger charge is -2.27. The van der Waals surface area contributed by atoms with Gasteiger partial charge in [0.1, 0.15) is 18.3 Å². The van der Waals surface area contributed by atoms with Crippen LogP contribution in [0.15, 0.2) is 0 Å². The van der Waals surface area contributed by atoms with E-state index in [1.54, 1.807) is 0 Å². The maximum absolute atomic E-state index is 11.5. The van der Waals surface area contributed by atoms with Crippen molar-refractivity contribution in [2.45, 2.75) is 23.2 Å². The molecular weight excluding hydrogens is 212 g/mol. The molecule has 0 radical (unpaired) electrons. The summed E-state index contributed by atoms with van der Waals surface area (Å²) in [7, 11) is -3.64. The Balaban J connectivity index is 2.49. The molecule has 2 heterocycles. The van der Waals surface area contributed by atoms with Gasteiger partial charge in [-0.1, -0.05) is 0 Å². The van der Waals surface area contributed by atoms with Crippen LogP contribution in [0.4, 0.5) is 0 Å². The van der Waals surface area contributed by atoms with Crippen molar-refractivity contribution in [1.82, 2.24) is 0 Å². The Labute approximate surface area is 81.4 Å². The van der Waals surface area contributed by atoms with E-state index in [2.05, 4.69) is 0 Å². The van der Waals surface area contributed by atoms with Crippen LogP contribution in [0.2, 0.25) is 0 Å². The molecule has 0 aromatic heterocycles. The standard InChI is InChI=1S/C7H12O6S/c1-14(10,11)7-5(9)3-12-6(7)4(8)2-13-7/h4-6,8-9H,2-3H2,1H3/t4-,5+,6-,7+/m1/s1. The van der Waals surface area contributed by atoms with Gasteiger partial charge in [-0.05, 0) is 0 Å². The fraction of sp³-hybridized carbons (Fsp3) is 1.00. The molecule has 2 aliphatic rings. The highest BCUT2D eigenvalue weighted by molar-refractivity contribution is 7.92. The van der Waals surface area contributed by atoms with Crippen molar-refractivity contribution in [3.63, 3.8) is 0 Å². The first kappa shape index (κ1) is 10.3. The summed E-state index contributed by atoms with van der Waals surface area (Å²) in [6.45, 7) is -0.260. The van der Waals surface area contributed by atoms with Crippen LogP contribution < -0.4 is 0 Å². The normalized spacial score (nSPS) is 48.1. The van der Waals surface area contributed by atoms with Crippen molar-refractivity contribution in [2.24, 2.45) is 0 Å². The van der Waals surface area contributed by atoms with Crippen LogP contribution in [0, 0.1) is 0 Å². The van der Waals surface area contributed by atoms with Crippen LogP contribution in [0.1, 0.15) is 0 Å². The van der Waals surface area contributed by atoms with Crippen LogP contribution in [0.5, 0.6) is 0 Å². The maximum atomic E-state index is 11.5. The Morgan fingerprint density at radius 3 is 2.50 bits per heavy atom. The second kappa shape index (κ2) is 2.89. The summed E-state index contributed by atoms with van der Waals surface area (Å²) in [5, 5.41) is 19.0. The summed E-state index contributed by atoms with van der Waals surface area (Å²) < 4.78 is 33.1. The van der Waals surface area contributed by atoms with Crippen LogP contribution in [0.25, 0.3) is 0 Å². The van der Waals surface area contributed by atoms with Gasteiger partial charge in [0, 0.05) is 6.26 Å². The van der Waals surface area contributed by atoms with Crippen LogP contribution in [0.3, 0.4) is 0 Å². The number of ether oxygens (including phenoxy) is 2. The van der Waals surface area contributed by atoms with E-state index in [1.807, 2.05) is 0 Å². The Hall–Kier alpha value is -0.210. The average Bonchev–Trinajstić information content (AvgIpc) is 2.53. The van der Waals surface area contributed by atoms with Gasteiger partial charge < -0.3 is 19.7 Å². The molecule has 0 unspecified atom stereocenters. The van der Waals surface area contributed by atoms with Gasteiger partial charge in [0.05, 0.1) is 13.2 Å². The molecule has 0 aromatic rings. The van der Waals surface area contributed by atoms with Crippen molar-refractivity contribution < 1.29 is 28.1 Å². The van der Waals surface area contributed by atoms with Gasteiger partial charge in [-0.3, -0.25) is 0 Å². The molecule has 7 heteroatoms.